The second-order valence-electron chi connectivity index (χ2n) is 7.94. The molecule has 0 atom stereocenters. The largest absolute Gasteiger partial charge is 0.382 e. The van der Waals surface area contributed by atoms with Crippen molar-refractivity contribution in [2.75, 3.05) is 33.0 Å². The van der Waals surface area contributed by atoms with Crippen LogP contribution >= 0.6 is 0 Å². The first-order chi connectivity index (χ1) is 17.9. The summed E-state index contributed by atoms with van der Waals surface area (Å²) in [6, 6.07) is 9.35. The molecule has 0 aliphatic carbocycles. The van der Waals surface area contributed by atoms with E-state index >= 15 is 0 Å². The Bertz CT molecular complexity index is 1090. The third kappa shape index (κ3) is 9.95. The highest BCUT2D eigenvalue weighted by atomic mass is 19.1. The van der Waals surface area contributed by atoms with Crippen LogP contribution in [0.5, 0.6) is 0 Å². The number of halogens is 2. The lowest BCUT2D eigenvalue weighted by Gasteiger charge is -2.21. The van der Waals surface area contributed by atoms with E-state index in [2.05, 4.69) is 21.0 Å². The molecule has 3 aromatic rings. The first kappa shape index (κ1) is 31.8. The molecule has 1 fully saturated rings. The van der Waals surface area contributed by atoms with Crippen LogP contribution < -0.4 is 16.8 Å². The van der Waals surface area contributed by atoms with Crippen LogP contribution in [-0.4, -0.2) is 43.6 Å². The molecule has 1 aromatic heterocycles. The van der Waals surface area contributed by atoms with Gasteiger partial charge in [0.1, 0.15) is 23.1 Å². The number of nitrogens with one attached hydrogen (secondary N) is 1. The molecule has 2 heterocycles. The summed E-state index contributed by atoms with van der Waals surface area (Å²) >= 11 is 0. The number of carbonyl (C=O) groups is 1. The van der Waals surface area contributed by atoms with Crippen LogP contribution in [0.2, 0.25) is 0 Å². The quantitative estimate of drug-likeness (QED) is 0.408. The average Bonchev–Trinajstić information content (AvgIpc) is 2.92. The van der Waals surface area contributed by atoms with E-state index in [1.807, 2.05) is 33.9 Å². The predicted molar refractivity (Wildman–Crippen MR) is 145 cm³/mol. The lowest BCUT2D eigenvalue weighted by atomic mass is 9.96. The number of rotatable bonds is 5. The molecule has 0 amide bonds. The summed E-state index contributed by atoms with van der Waals surface area (Å²) in [6.45, 7) is 8.02. The van der Waals surface area contributed by atoms with Gasteiger partial charge < -0.3 is 21.5 Å². The maximum atomic E-state index is 13.8. The van der Waals surface area contributed by atoms with Crippen molar-refractivity contribution < 1.29 is 18.3 Å². The predicted octanol–water partition coefficient (Wildman–Crippen LogP) is 5.03. The molecule has 4 rings (SSSR count). The summed E-state index contributed by atoms with van der Waals surface area (Å²) in [5.41, 5.74) is 14.2. The molecule has 1 saturated heterocycles. The first-order valence-corrected chi connectivity index (χ1v) is 12.3. The number of carbonyl (C=O) groups excluding carboxylic acids is 1. The minimum absolute atomic E-state index is 0.0101. The number of hydrogen-bond acceptors (Lipinski definition) is 7. The van der Waals surface area contributed by atoms with Crippen LogP contribution in [0.4, 0.5) is 14.6 Å². The third-order valence-electron chi connectivity index (χ3n) is 5.34. The normalized spacial score (nSPS) is 12.6. The number of anilines is 1. The maximum Gasteiger partial charge on any atom is 0.152 e. The van der Waals surface area contributed by atoms with E-state index in [4.69, 9.17) is 10.5 Å². The number of benzene rings is 2. The van der Waals surface area contributed by atoms with Crippen LogP contribution in [0, 0.1) is 18.6 Å². The number of aromatic nitrogens is 2. The standard InChI is InChI=1S/C16H16FN3O2.C9H12FN.C2H6.CH5N/c17-13-7-11(1-2-12(13)9-21)15-16(18)19-8-14(20-15)10-3-5-22-6-4-10;1-7-3-8(6-11-2)5-9(10)4-7;2*1-2/h1-2,7-10H,3-6H2,(H2,18,19);3-5,11H,6H2,1-2H3;1-2H3;2H2,1H3. The molecular formula is C28H39F2N5O2. The fourth-order valence-corrected chi connectivity index (χ4v) is 3.70. The van der Waals surface area contributed by atoms with Crippen molar-refractivity contribution in [1.29, 1.82) is 0 Å². The molecule has 0 unspecified atom stereocenters. The Morgan fingerprint density at radius 1 is 1.11 bits per heavy atom. The van der Waals surface area contributed by atoms with Gasteiger partial charge in [-0.05, 0) is 69.3 Å². The Morgan fingerprint density at radius 2 is 1.78 bits per heavy atom. The van der Waals surface area contributed by atoms with Gasteiger partial charge in [0.05, 0.1) is 17.5 Å². The van der Waals surface area contributed by atoms with Crippen molar-refractivity contribution in [3.63, 3.8) is 0 Å². The summed E-state index contributed by atoms with van der Waals surface area (Å²) in [5.74, 6) is -0.228. The highest BCUT2D eigenvalue weighted by molar-refractivity contribution is 5.78. The number of nitrogens with two attached hydrogens (primary N) is 2. The molecule has 5 N–H and O–H groups in total. The molecule has 0 radical (unpaired) electrons. The van der Waals surface area contributed by atoms with Crippen molar-refractivity contribution >= 4 is 12.1 Å². The SMILES string of the molecule is CC.CN.CNCc1cc(C)cc(F)c1.Nc1ncc(C2CCOCC2)nc1-c1ccc(C=O)c(F)c1. The van der Waals surface area contributed by atoms with Gasteiger partial charge in [-0.1, -0.05) is 26.0 Å². The lowest BCUT2D eigenvalue weighted by Crippen LogP contribution is -2.16. The van der Waals surface area contributed by atoms with Gasteiger partial charge >= 0.3 is 0 Å². The minimum atomic E-state index is -0.592. The number of nitrogen functional groups attached to an aromatic ring is 1. The molecule has 7 nitrogen and oxygen atoms in total. The molecule has 2 aromatic carbocycles. The first-order valence-electron chi connectivity index (χ1n) is 12.3. The summed E-state index contributed by atoms with van der Waals surface area (Å²) < 4.78 is 31.9. The maximum absolute atomic E-state index is 13.8. The number of nitrogens with zero attached hydrogens (tertiary/aromatic N) is 2. The van der Waals surface area contributed by atoms with Crippen molar-refractivity contribution in [2.45, 2.75) is 46.1 Å². The van der Waals surface area contributed by atoms with Gasteiger partial charge in [0.2, 0.25) is 0 Å². The van der Waals surface area contributed by atoms with E-state index in [-0.39, 0.29) is 23.1 Å². The number of ether oxygens (including phenoxy) is 1. The zero-order chi connectivity index (χ0) is 27.8. The van der Waals surface area contributed by atoms with Crippen LogP contribution in [0.15, 0.2) is 42.6 Å². The Kier molecular flexibility index (Phi) is 14.8. The third-order valence-corrected chi connectivity index (χ3v) is 5.34. The van der Waals surface area contributed by atoms with E-state index < -0.39 is 5.82 Å². The van der Waals surface area contributed by atoms with Gasteiger partial charge in [-0.15, -0.1) is 0 Å². The fraction of sp³-hybridized carbons (Fsp3) is 0.393. The highest BCUT2D eigenvalue weighted by Crippen LogP contribution is 2.29. The van der Waals surface area contributed by atoms with E-state index in [1.54, 1.807) is 18.3 Å². The van der Waals surface area contributed by atoms with Crippen LogP contribution in [-0.2, 0) is 11.3 Å². The van der Waals surface area contributed by atoms with Crippen molar-refractivity contribution in [3.8, 4) is 11.3 Å². The fourth-order valence-electron chi connectivity index (χ4n) is 3.70. The molecule has 0 bridgehead atoms. The summed E-state index contributed by atoms with van der Waals surface area (Å²) in [4.78, 5) is 19.4. The second kappa shape index (κ2) is 17.2. The molecule has 202 valence electrons. The van der Waals surface area contributed by atoms with E-state index in [0.717, 1.165) is 36.2 Å². The second-order valence-corrected chi connectivity index (χ2v) is 7.94. The molecule has 0 saturated carbocycles. The van der Waals surface area contributed by atoms with Gasteiger partial charge in [-0.2, -0.15) is 0 Å². The molecule has 1 aliphatic rings. The van der Waals surface area contributed by atoms with Crippen molar-refractivity contribution in [1.82, 2.24) is 15.3 Å². The summed E-state index contributed by atoms with van der Waals surface area (Å²) in [5, 5.41) is 2.97. The van der Waals surface area contributed by atoms with Crippen molar-refractivity contribution in [3.05, 3.63) is 76.6 Å². The van der Waals surface area contributed by atoms with Gasteiger partial charge in [0.15, 0.2) is 6.29 Å². The zero-order valence-corrected chi connectivity index (χ0v) is 22.4. The average molecular weight is 516 g/mol. The highest BCUT2D eigenvalue weighted by Gasteiger charge is 2.19. The Labute approximate surface area is 218 Å². The Balaban J connectivity index is 0.000000385. The van der Waals surface area contributed by atoms with Gasteiger partial charge in [0, 0.05) is 31.2 Å². The molecule has 9 heteroatoms. The van der Waals surface area contributed by atoms with Crippen LogP contribution in [0.1, 0.15) is 59.8 Å². The lowest BCUT2D eigenvalue weighted by molar-refractivity contribution is 0.0844. The van der Waals surface area contributed by atoms with Crippen LogP contribution in [0.3, 0.4) is 0 Å². The molecule has 0 spiro atoms. The number of aryl methyl sites for hydroxylation is 1. The minimum Gasteiger partial charge on any atom is -0.382 e. The molecule has 1 aliphatic heterocycles. The number of hydrogen-bond donors (Lipinski definition) is 3. The van der Waals surface area contributed by atoms with Gasteiger partial charge in [0.25, 0.3) is 0 Å². The van der Waals surface area contributed by atoms with E-state index in [1.165, 1.54) is 25.2 Å². The topological polar surface area (TPSA) is 116 Å². The Morgan fingerprint density at radius 3 is 2.35 bits per heavy atom. The monoisotopic (exact) mass is 515 g/mol. The summed E-state index contributed by atoms with van der Waals surface area (Å²) in [7, 11) is 3.35. The summed E-state index contributed by atoms with van der Waals surface area (Å²) in [6.07, 6.45) is 3.92. The molecular weight excluding hydrogens is 476 g/mol. The van der Waals surface area contributed by atoms with Gasteiger partial charge in [-0.25, -0.2) is 18.7 Å². The molecule has 37 heavy (non-hydrogen) atoms. The smallest absolute Gasteiger partial charge is 0.152 e. The van der Waals surface area contributed by atoms with Crippen molar-refractivity contribution in [2.24, 2.45) is 5.73 Å². The van der Waals surface area contributed by atoms with Crippen LogP contribution in [0.25, 0.3) is 11.3 Å². The van der Waals surface area contributed by atoms with E-state index in [9.17, 15) is 13.6 Å². The number of aldehydes is 1. The zero-order valence-electron chi connectivity index (χ0n) is 22.4. The Hall–Kier alpha value is -3.27. The van der Waals surface area contributed by atoms with Gasteiger partial charge in [-0.3, -0.25) is 4.79 Å². The van der Waals surface area contributed by atoms with E-state index in [0.29, 0.717) is 30.8 Å².